The van der Waals surface area contributed by atoms with Gasteiger partial charge in [-0.2, -0.15) is 0 Å². The molecule has 2 saturated heterocycles. The Hall–Kier alpha value is -1.92. The normalized spacial score (nSPS) is 23.8. The molecule has 6 nitrogen and oxygen atoms in total. The van der Waals surface area contributed by atoms with Crippen molar-refractivity contribution in [1.82, 2.24) is 15.1 Å². The van der Waals surface area contributed by atoms with Crippen molar-refractivity contribution in [3.63, 3.8) is 0 Å². The molecule has 0 unspecified atom stereocenters. The van der Waals surface area contributed by atoms with Gasteiger partial charge in [-0.1, -0.05) is 24.6 Å². The number of carbonyl (C=O) groups is 2. The Labute approximate surface area is 161 Å². The van der Waals surface area contributed by atoms with Gasteiger partial charge in [0, 0.05) is 38.4 Å². The summed E-state index contributed by atoms with van der Waals surface area (Å²) in [6.45, 7) is 5.20. The summed E-state index contributed by atoms with van der Waals surface area (Å²) in [5.74, 6) is 0.418. The maximum Gasteiger partial charge on any atom is 0.241 e. The van der Waals surface area contributed by atoms with Gasteiger partial charge in [0.05, 0.1) is 12.6 Å². The average molecular weight is 370 g/mol. The van der Waals surface area contributed by atoms with Gasteiger partial charge >= 0.3 is 0 Å². The number of nitrogens with one attached hydrogen (secondary N) is 1. The molecule has 1 aromatic rings. The topological polar surface area (TPSA) is 55.9 Å². The standard InChI is InChI=1S/C21H30N4O2/c26-20(25-11-5-7-17-6-1-2-9-19(17)25)16-23-12-14-24(15-13-23)21(27)18-8-3-4-10-22-18/h1-2,6,9,18,22H,3-5,7-8,10-16H2/t18-/m1/s1. The molecule has 2 amide bonds. The number of benzene rings is 1. The van der Waals surface area contributed by atoms with Crippen LogP contribution in [0.15, 0.2) is 24.3 Å². The number of carbonyl (C=O) groups excluding carboxylic acids is 2. The quantitative estimate of drug-likeness (QED) is 0.870. The highest BCUT2D eigenvalue weighted by molar-refractivity contribution is 5.96. The number of nitrogens with zero attached hydrogens (tertiary/aromatic N) is 3. The monoisotopic (exact) mass is 370 g/mol. The van der Waals surface area contributed by atoms with Crippen LogP contribution in [-0.2, 0) is 16.0 Å². The van der Waals surface area contributed by atoms with Gasteiger partial charge in [0.2, 0.25) is 11.8 Å². The summed E-state index contributed by atoms with van der Waals surface area (Å²) in [5.41, 5.74) is 2.35. The van der Waals surface area contributed by atoms with Crippen molar-refractivity contribution < 1.29 is 9.59 Å². The molecule has 6 heteroatoms. The molecule has 0 aliphatic carbocycles. The third-order valence-corrected chi connectivity index (χ3v) is 6.06. The van der Waals surface area contributed by atoms with Crippen molar-refractivity contribution in [2.45, 2.75) is 38.1 Å². The van der Waals surface area contributed by atoms with E-state index in [0.29, 0.717) is 6.54 Å². The van der Waals surface area contributed by atoms with E-state index < -0.39 is 0 Å². The minimum Gasteiger partial charge on any atom is -0.339 e. The van der Waals surface area contributed by atoms with Gasteiger partial charge in [-0.15, -0.1) is 0 Å². The van der Waals surface area contributed by atoms with Gasteiger partial charge in [-0.05, 0) is 43.9 Å². The second-order valence-electron chi connectivity index (χ2n) is 7.88. The lowest BCUT2D eigenvalue weighted by atomic mass is 10.0. The summed E-state index contributed by atoms with van der Waals surface area (Å²) in [7, 11) is 0. The summed E-state index contributed by atoms with van der Waals surface area (Å²) in [6, 6.07) is 8.23. The molecule has 1 N–H and O–H groups in total. The van der Waals surface area contributed by atoms with Crippen LogP contribution in [-0.4, -0.2) is 73.5 Å². The Balaban J connectivity index is 1.29. The minimum atomic E-state index is -0.00298. The fourth-order valence-electron chi connectivity index (χ4n) is 4.48. The molecule has 1 aromatic carbocycles. The number of rotatable bonds is 3. The van der Waals surface area contributed by atoms with Gasteiger partial charge in [-0.25, -0.2) is 0 Å². The molecular formula is C21H30N4O2. The Morgan fingerprint density at radius 1 is 1.00 bits per heavy atom. The van der Waals surface area contributed by atoms with Crippen LogP contribution in [0.3, 0.4) is 0 Å². The van der Waals surface area contributed by atoms with Crippen LogP contribution in [0.2, 0.25) is 0 Å². The fourth-order valence-corrected chi connectivity index (χ4v) is 4.48. The zero-order chi connectivity index (χ0) is 18.6. The first kappa shape index (κ1) is 18.4. The van der Waals surface area contributed by atoms with Crippen molar-refractivity contribution in [2.24, 2.45) is 0 Å². The first-order valence-electron chi connectivity index (χ1n) is 10.4. The van der Waals surface area contributed by atoms with Crippen LogP contribution in [0.1, 0.15) is 31.2 Å². The fraction of sp³-hybridized carbons (Fsp3) is 0.619. The Morgan fingerprint density at radius 2 is 1.81 bits per heavy atom. The SMILES string of the molecule is O=C([C@H]1CCCCN1)N1CCN(CC(=O)N2CCCc3ccccc32)CC1. The van der Waals surface area contributed by atoms with Gasteiger partial charge in [0.25, 0.3) is 0 Å². The number of fused-ring (bicyclic) bond motifs is 1. The Bertz CT molecular complexity index is 679. The third-order valence-electron chi connectivity index (χ3n) is 6.06. The Kier molecular flexibility index (Phi) is 5.74. The molecule has 0 saturated carbocycles. The van der Waals surface area contributed by atoms with Crippen LogP contribution in [0, 0.1) is 0 Å². The predicted molar refractivity (Wildman–Crippen MR) is 106 cm³/mol. The van der Waals surface area contributed by atoms with E-state index >= 15 is 0 Å². The second kappa shape index (κ2) is 8.40. The van der Waals surface area contributed by atoms with E-state index in [0.717, 1.165) is 70.6 Å². The maximum atomic E-state index is 12.9. The number of hydrogen-bond acceptors (Lipinski definition) is 4. The first-order chi connectivity index (χ1) is 13.2. The van der Waals surface area contributed by atoms with Crippen LogP contribution in [0.25, 0.3) is 0 Å². The van der Waals surface area contributed by atoms with Crippen molar-refractivity contribution in [3.8, 4) is 0 Å². The van der Waals surface area contributed by atoms with Gasteiger partial charge < -0.3 is 15.1 Å². The predicted octanol–water partition coefficient (Wildman–Crippen LogP) is 1.25. The molecule has 0 radical (unpaired) electrons. The van der Waals surface area contributed by atoms with Gasteiger partial charge in [0.1, 0.15) is 0 Å². The number of piperidine rings is 1. The van der Waals surface area contributed by atoms with Crippen molar-refractivity contribution in [1.29, 1.82) is 0 Å². The molecule has 1 atom stereocenters. The molecule has 4 rings (SSSR count). The van der Waals surface area contributed by atoms with Crippen molar-refractivity contribution >= 4 is 17.5 Å². The summed E-state index contributed by atoms with van der Waals surface area (Å²) in [6.07, 6.45) is 5.33. The van der Waals surface area contributed by atoms with Crippen LogP contribution in [0.5, 0.6) is 0 Å². The molecule has 2 fully saturated rings. The molecule has 3 aliphatic rings. The average Bonchev–Trinajstić information content (AvgIpc) is 2.74. The lowest BCUT2D eigenvalue weighted by Gasteiger charge is -2.38. The summed E-state index contributed by atoms with van der Waals surface area (Å²) >= 11 is 0. The van der Waals surface area contributed by atoms with E-state index in [1.54, 1.807) is 0 Å². The number of hydrogen-bond donors (Lipinski definition) is 1. The minimum absolute atomic E-state index is 0.00298. The number of aryl methyl sites for hydroxylation is 1. The molecule has 0 aromatic heterocycles. The largest absolute Gasteiger partial charge is 0.339 e. The highest BCUT2D eigenvalue weighted by Gasteiger charge is 2.30. The molecule has 0 spiro atoms. The van der Waals surface area contributed by atoms with Crippen LogP contribution >= 0.6 is 0 Å². The van der Waals surface area contributed by atoms with E-state index in [1.165, 1.54) is 12.0 Å². The lowest BCUT2D eigenvalue weighted by Crippen LogP contribution is -2.56. The van der Waals surface area contributed by atoms with E-state index in [4.69, 9.17) is 0 Å². The summed E-state index contributed by atoms with van der Waals surface area (Å²) in [4.78, 5) is 31.6. The second-order valence-corrected chi connectivity index (χ2v) is 7.88. The van der Waals surface area contributed by atoms with Crippen LogP contribution < -0.4 is 10.2 Å². The van der Waals surface area contributed by atoms with Gasteiger partial charge in [0.15, 0.2) is 0 Å². The zero-order valence-electron chi connectivity index (χ0n) is 16.0. The van der Waals surface area contributed by atoms with E-state index in [-0.39, 0.29) is 17.9 Å². The number of anilines is 1. The molecule has 3 aliphatic heterocycles. The van der Waals surface area contributed by atoms with E-state index in [2.05, 4.69) is 22.3 Å². The zero-order valence-corrected chi connectivity index (χ0v) is 16.0. The first-order valence-corrected chi connectivity index (χ1v) is 10.4. The highest BCUT2D eigenvalue weighted by Crippen LogP contribution is 2.26. The molecule has 146 valence electrons. The van der Waals surface area contributed by atoms with E-state index in [9.17, 15) is 9.59 Å². The number of amides is 2. The molecular weight excluding hydrogens is 340 g/mol. The number of para-hydroxylation sites is 1. The smallest absolute Gasteiger partial charge is 0.241 e. The Morgan fingerprint density at radius 3 is 2.59 bits per heavy atom. The lowest BCUT2D eigenvalue weighted by molar-refractivity contribution is -0.136. The molecule has 3 heterocycles. The van der Waals surface area contributed by atoms with Crippen molar-refractivity contribution in [2.75, 3.05) is 50.7 Å². The maximum absolute atomic E-state index is 12.9. The van der Waals surface area contributed by atoms with Crippen molar-refractivity contribution in [3.05, 3.63) is 29.8 Å². The van der Waals surface area contributed by atoms with Crippen LogP contribution in [0.4, 0.5) is 5.69 Å². The van der Waals surface area contributed by atoms with E-state index in [1.807, 2.05) is 21.9 Å². The molecule has 0 bridgehead atoms. The third kappa shape index (κ3) is 4.17. The number of piperazine rings is 1. The van der Waals surface area contributed by atoms with Gasteiger partial charge in [-0.3, -0.25) is 14.5 Å². The summed E-state index contributed by atoms with van der Waals surface area (Å²) < 4.78 is 0. The highest BCUT2D eigenvalue weighted by atomic mass is 16.2. The summed E-state index contributed by atoms with van der Waals surface area (Å²) in [5, 5.41) is 3.35. The molecule has 27 heavy (non-hydrogen) atoms.